The molecular weight excluding hydrogens is 346 g/mol. The van der Waals surface area contributed by atoms with E-state index in [0.29, 0.717) is 11.9 Å². The van der Waals surface area contributed by atoms with Crippen LogP contribution in [0.4, 0.5) is 5.82 Å². The number of aryl methyl sites for hydroxylation is 1. The second kappa shape index (κ2) is 7.61. The van der Waals surface area contributed by atoms with Crippen molar-refractivity contribution in [3.05, 3.63) is 51.2 Å². The normalized spacial score (nSPS) is 25.3. The van der Waals surface area contributed by atoms with Gasteiger partial charge in [-0.25, -0.2) is 9.97 Å². The van der Waals surface area contributed by atoms with E-state index in [9.17, 15) is 10.1 Å². The molecule has 9 nitrogen and oxygen atoms in total. The molecule has 1 aromatic rings. The molecule has 3 rings (SSSR count). The van der Waals surface area contributed by atoms with Crippen molar-refractivity contribution in [2.24, 2.45) is 11.5 Å². The van der Waals surface area contributed by atoms with Gasteiger partial charge in [0.25, 0.3) is 5.70 Å². The maximum absolute atomic E-state index is 11.3. The Labute approximate surface area is 158 Å². The van der Waals surface area contributed by atoms with Gasteiger partial charge in [-0.3, -0.25) is 10.1 Å². The average Bonchev–Trinajstić information content (AvgIpc) is 3.13. The molecule has 0 spiro atoms. The van der Waals surface area contributed by atoms with Crippen LogP contribution in [0.5, 0.6) is 0 Å². The lowest BCUT2D eigenvalue weighted by atomic mass is 9.88. The molecule has 2 unspecified atom stereocenters. The fourth-order valence-corrected chi connectivity index (χ4v) is 3.54. The monoisotopic (exact) mass is 373 g/mol. The van der Waals surface area contributed by atoms with E-state index < -0.39 is 10.5 Å². The fourth-order valence-electron chi connectivity index (χ4n) is 3.54. The molecule has 0 saturated carbocycles. The second-order valence-electron chi connectivity index (χ2n) is 7.22. The van der Waals surface area contributed by atoms with Crippen molar-refractivity contribution >= 4 is 5.82 Å². The number of anilines is 1. The summed E-state index contributed by atoms with van der Waals surface area (Å²) in [5, 5.41) is 14.6. The molecule has 0 amide bonds. The number of hydrogen-bond donors (Lipinski definition) is 3. The summed E-state index contributed by atoms with van der Waals surface area (Å²) in [6.07, 6.45) is 5.91. The van der Waals surface area contributed by atoms with Crippen molar-refractivity contribution in [1.29, 1.82) is 0 Å². The maximum atomic E-state index is 11.3. The van der Waals surface area contributed by atoms with Crippen molar-refractivity contribution in [3.63, 3.8) is 0 Å². The van der Waals surface area contributed by atoms with Crippen LogP contribution >= 0.6 is 0 Å². The van der Waals surface area contributed by atoms with Crippen LogP contribution in [0.15, 0.2) is 29.6 Å². The SMILES string of the molecule is CCCc1cc(N2CCC(NC)C2)nc(C2(N)C=CC(N)=C([N+](=O)[O-])C2)n1. The highest BCUT2D eigenvalue weighted by Crippen LogP contribution is 2.32. The molecule has 1 fully saturated rings. The van der Waals surface area contributed by atoms with Crippen LogP contribution in [-0.2, 0) is 12.0 Å². The second-order valence-corrected chi connectivity index (χ2v) is 7.22. The van der Waals surface area contributed by atoms with E-state index in [-0.39, 0.29) is 17.8 Å². The standard InChI is InChI=1S/C18H27N7O2/c1-3-4-12-9-16(24-8-6-13(11-24)21-2)23-17(22-12)18(20)7-5-14(19)15(10-18)25(26)27/h5,7,9,13,21H,3-4,6,8,10-11,19-20H2,1-2H3. The minimum Gasteiger partial charge on any atom is -0.393 e. The van der Waals surface area contributed by atoms with Gasteiger partial charge in [0.1, 0.15) is 17.1 Å². The van der Waals surface area contributed by atoms with Crippen LogP contribution in [-0.4, -0.2) is 41.1 Å². The first-order chi connectivity index (χ1) is 12.9. The van der Waals surface area contributed by atoms with E-state index in [4.69, 9.17) is 16.5 Å². The number of hydrogen-bond acceptors (Lipinski definition) is 8. The summed E-state index contributed by atoms with van der Waals surface area (Å²) in [6, 6.07) is 2.42. The Balaban J connectivity index is 1.97. The lowest BCUT2D eigenvalue weighted by Gasteiger charge is -2.28. The molecule has 1 saturated heterocycles. The topological polar surface area (TPSA) is 136 Å². The average molecular weight is 373 g/mol. The van der Waals surface area contributed by atoms with Crippen molar-refractivity contribution in [2.45, 2.75) is 44.2 Å². The van der Waals surface area contributed by atoms with Gasteiger partial charge in [-0.05, 0) is 26.0 Å². The number of aromatic nitrogens is 2. The van der Waals surface area contributed by atoms with E-state index in [2.05, 4.69) is 22.1 Å². The molecule has 2 heterocycles. The van der Waals surface area contributed by atoms with Crippen LogP contribution in [0, 0.1) is 10.1 Å². The summed E-state index contributed by atoms with van der Waals surface area (Å²) < 4.78 is 0. The molecule has 9 heteroatoms. The molecular formula is C18H27N7O2. The number of likely N-dealkylation sites (N-methyl/N-ethyl adjacent to an activating group) is 1. The van der Waals surface area contributed by atoms with Gasteiger partial charge in [0.05, 0.1) is 11.3 Å². The fraction of sp³-hybridized carbons (Fsp3) is 0.556. The van der Waals surface area contributed by atoms with Crippen molar-refractivity contribution in [3.8, 4) is 0 Å². The van der Waals surface area contributed by atoms with Gasteiger partial charge in [-0.2, -0.15) is 0 Å². The Morgan fingerprint density at radius 2 is 2.26 bits per heavy atom. The van der Waals surface area contributed by atoms with E-state index >= 15 is 0 Å². The molecule has 1 aliphatic carbocycles. The van der Waals surface area contributed by atoms with Gasteiger partial charge in [-0.1, -0.05) is 19.4 Å². The zero-order valence-corrected chi connectivity index (χ0v) is 15.8. The molecule has 2 aliphatic rings. The minimum absolute atomic E-state index is 0.0313. The van der Waals surface area contributed by atoms with Crippen LogP contribution in [0.3, 0.4) is 0 Å². The molecule has 0 bridgehead atoms. The van der Waals surface area contributed by atoms with Gasteiger partial charge in [0.2, 0.25) is 0 Å². The number of nitrogens with zero attached hydrogens (tertiary/aromatic N) is 4. The largest absolute Gasteiger partial charge is 0.393 e. The zero-order valence-electron chi connectivity index (χ0n) is 15.8. The zero-order chi connectivity index (χ0) is 19.6. The van der Waals surface area contributed by atoms with Crippen LogP contribution in [0.2, 0.25) is 0 Å². The molecule has 2 atom stereocenters. The van der Waals surface area contributed by atoms with Crippen LogP contribution in [0.1, 0.15) is 37.7 Å². The van der Waals surface area contributed by atoms with Crippen LogP contribution < -0.4 is 21.7 Å². The number of nitrogens with one attached hydrogen (secondary N) is 1. The Kier molecular flexibility index (Phi) is 5.43. The van der Waals surface area contributed by atoms with Crippen molar-refractivity contribution in [2.75, 3.05) is 25.0 Å². The van der Waals surface area contributed by atoms with Crippen molar-refractivity contribution in [1.82, 2.24) is 15.3 Å². The van der Waals surface area contributed by atoms with E-state index in [0.717, 1.165) is 43.9 Å². The van der Waals surface area contributed by atoms with Gasteiger partial charge in [0.15, 0.2) is 5.82 Å². The Hall–Kier alpha value is -2.52. The van der Waals surface area contributed by atoms with Crippen molar-refractivity contribution < 1.29 is 4.92 Å². The van der Waals surface area contributed by atoms with E-state index in [1.807, 2.05) is 13.1 Å². The first-order valence-corrected chi connectivity index (χ1v) is 9.28. The van der Waals surface area contributed by atoms with E-state index in [1.54, 1.807) is 6.08 Å². The Morgan fingerprint density at radius 1 is 1.48 bits per heavy atom. The summed E-state index contributed by atoms with van der Waals surface area (Å²) in [6.45, 7) is 3.84. The summed E-state index contributed by atoms with van der Waals surface area (Å²) >= 11 is 0. The first-order valence-electron chi connectivity index (χ1n) is 9.28. The predicted molar refractivity (Wildman–Crippen MR) is 104 cm³/mol. The van der Waals surface area contributed by atoms with E-state index in [1.165, 1.54) is 6.08 Å². The first kappa shape index (κ1) is 19.2. The highest BCUT2D eigenvalue weighted by Gasteiger charge is 2.38. The number of allylic oxidation sites excluding steroid dienone is 1. The van der Waals surface area contributed by atoms with Crippen LogP contribution in [0.25, 0.3) is 0 Å². The highest BCUT2D eigenvalue weighted by atomic mass is 16.6. The van der Waals surface area contributed by atoms with Gasteiger partial charge >= 0.3 is 0 Å². The molecule has 0 aromatic carbocycles. The van der Waals surface area contributed by atoms with Gasteiger partial charge < -0.3 is 21.7 Å². The third kappa shape index (κ3) is 3.93. The smallest absolute Gasteiger partial charge is 0.271 e. The third-order valence-electron chi connectivity index (χ3n) is 5.18. The molecule has 27 heavy (non-hydrogen) atoms. The number of rotatable bonds is 6. The molecule has 0 radical (unpaired) electrons. The number of nitro groups is 1. The Bertz CT molecular complexity index is 792. The maximum Gasteiger partial charge on any atom is 0.271 e. The lowest BCUT2D eigenvalue weighted by molar-refractivity contribution is -0.430. The summed E-state index contributed by atoms with van der Waals surface area (Å²) in [5.41, 5.74) is 12.1. The quantitative estimate of drug-likeness (QED) is 0.492. The Morgan fingerprint density at radius 3 is 2.89 bits per heavy atom. The summed E-state index contributed by atoms with van der Waals surface area (Å²) in [5.74, 6) is 1.23. The predicted octanol–water partition coefficient (Wildman–Crippen LogP) is 0.788. The summed E-state index contributed by atoms with van der Waals surface area (Å²) in [7, 11) is 1.96. The highest BCUT2D eigenvalue weighted by molar-refractivity contribution is 5.44. The minimum atomic E-state index is -1.15. The van der Waals surface area contributed by atoms with Gasteiger partial charge in [-0.15, -0.1) is 0 Å². The molecule has 1 aromatic heterocycles. The molecule has 146 valence electrons. The number of nitrogens with two attached hydrogens (primary N) is 2. The summed E-state index contributed by atoms with van der Waals surface area (Å²) in [4.78, 5) is 22.4. The molecule has 5 N–H and O–H groups in total. The lowest BCUT2D eigenvalue weighted by Crippen LogP contribution is -2.41. The third-order valence-corrected chi connectivity index (χ3v) is 5.18. The molecule has 1 aliphatic heterocycles. The van der Waals surface area contributed by atoms with Gasteiger partial charge in [0, 0.05) is 30.9 Å².